The molecule has 1 aromatic rings. The molecule has 1 amide bonds. The normalized spacial score (nSPS) is 10.9. The number of hydrogen-bond acceptors (Lipinski definition) is 3. The maximum Gasteiger partial charge on any atom is 0.407 e. The van der Waals surface area contributed by atoms with Crippen molar-refractivity contribution < 1.29 is 14.3 Å². The van der Waals surface area contributed by atoms with E-state index in [9.17, 15) is 4.79 Å². The number of amides is 1. The standard InChI is InChI=1S/C12H17NO3.C2H6/c1-10(8-15-2)13-12(14)16-9-11-6-4-3-5-7-11;1-2/h3-7,10H,8-9H2,1-2H3,(H,13,14);1-2H3. The highest BCUT2D eigenvalue weighted by Crippen LogP contribution is 2.00. The van der Waals surface area contributed by atoms with Crippen molar-refractivity contribution in [2.75, 3.05) is 13.7 Å². The average molecular weight is 253 g/mol. The lowest BCUT2D eigenvalue weighted by atomic mass is 10.2. The fourth-order valence-corrected chi connectivity index (χ4v) is 1.26. The van der Waals surface area contributed by atoms with Crippen LogP contribution in [0, 0.1) is 0 Å². The minimum Gasteiger partial charge on any atom is -0.445 e. The van der Waals surface area contributed by atoms with Crippen LogP contribution in [0.25, 0.3) is 0 Å². The number of nitrogens with one attached hydrogen (secondary N) is 1. The third-order valence-corrected chi connectivity index (χ3v) is 1.99. The van der Waals surface area contributed by atoms with Crippen LogP contribution in [0.15, 0.2) is 30.3 Å². The summed E-state index contributed by atoms with van der Waals surface area (Å²) in [6, 6.07) is 9.50. The molecular weight excluding hydrogens is 230 g/mol. The summed E-state index contributed by atoms with van der Waals surface area (Å²) in [4.78, 5) is 11.3. The molecule has 0 bridgehead atoms. The Morgan fingerprint density at radius 1 is 1.28 bits per heavy atom. The van der Waals surface area contributed by atoms with Crippen molar-refractivity contribution in [3.05, 3.63) is 35.9 Å². The SMILES string of the molecule is CC.COCC(C)NC(=O)OCc1ccccc1. The molecule has 1 N–H and O–H groups in total. The van der Waals surface area contributed by atoms with Crippen molar-refractivity contribution in [3.63, 3.8) is 0 Å². The zero-order valence-corrected chi connectivity index (χ0v) is 11.6. The Kier molecular flexibility index (Phi) is 9.68. The Morgan fingerprint density at radius 3 is 2.44 bits per heavy atom. The van der Waals surface area contributed by atoms with Crippen LogP contribution in [0.5, 0.6) is 0 Å². The monoisotopic (exact) mass is 253 g/mol. The third kappa shape index (κ3) is 7.68. The largest absolute Gasteiger partial charge is 0.445 e. The van der Waals surface area contributed by atoms with E-state index in [1.807, 2.05) is 51.1 Å². The van der Waals surface area contributed by atoms with Crippen molar-refractivity contribution >= 4 is 6.09 Å². The fourth-order valence-electron chi connectivity index (χ4n) is 1.26. The molecule has 1 unspecified atom stereocenters. The molecule has 1 atom stereocenters. The zero-order valence-electron chi connectivity index (χ0n) is 11.6. The molecule has 4 heteroatoms. The summed E-state index contributed by atoms with van der Waals surface area (Å²) in [6.45, 7) is 6.61. The second kappa shape index (κ2) is 10.6. The molecule has 0 aliphatic carbocycles. The molecule has 0 fully saturated rings. The first-order valence-electron chi connectivity index (χ1n) is 6.18. The van der Waals surface area contributed by atoms with Gasteiger partial charge in [0, 0.05) is 7.11 Å². The van der Waals surface area contributed by atoms with Crippen molar-refractivity contribution in [2.45, 2.75) is 33.4 Å². The van der Waals surface area contributed by atoms with Gasteiger partial charge in [0.25, 0.3) is 0 Å². The Bertz CT molecular complexity index is 314. The Hall–Kier alpha value is -1.55. The highest BCUT2D eigenvalue weighted by molar-refractivity contribution is 5.67. The predicted octanol–water partition coefficient (Wildman–Crippen LogP) is 2.97. The lowest BCUT2D eigenvalue weighted by Gasteiger charge is -2.12. The van der Waals surface area contributed by atoms with Crippen LogP contribution in [-0.4, -0.2) is 25.9 Å². The molecule has 0 spiro atoms. The van der Waals surface area contributed by atoms with Gasteiger partial charge in [0.1, 0.15) is 6.61 Å². The molecule has 1 aromatic carbocycles. The van der Waals surface area contributed by atoms with Crippen LogP contribution < -0.4 is 5.32 Å². The summed E-state index contributed by atoms with van der Waals surface area (Å²) in [6.07, 6.45) is -0.423. The summed E-state index contributed by atoms with van der Waals surface area (Å²) in [5, 5.41) is 2.66. The number of hydrogen-bond donors (Lipinski definition) is 1. The van der Waals surface area contributed by atoms with Gasteiger partial charge in [0.15, 0.2) is 0 Å². The number of carbonyl (C=O) groups is 1. The van der Waals surface area contributed by atoms with Gasteiger partial charge in [-0.1, -0.05) is 44.2 Å². The van der Waals surface area contributed by atoms with Gasteiger partial charge in [-0.15, -0.1) is 0 Å². The van der Waals surface area contributed by atoms with Gasteiger partial charge in [-0.2, -0.15) is 0 Å². The van der Waals surface area contributed by atoms with Gasteiger partial charge in [-0.05, 0) is 12.5 Å². The molecular formula is C14H23NO3. The van der Waals surface area contributed by atoms with Crippen molar-refractivity contribution in [3.8, 4) is 0 Å². The topological polar surface area (TPSA) is 47.6 Å². The van der Waals surface area contributed by atoms with Crippen LogP contribution in [0.2, 0.25) is 0 Å². The predicted molar refractivity (Wildman–Crippen MR) is 72.4 cm³/mol. The summed E-state index contributed by atoms with van der Waals surface area (Å²) in [5.41, 5.74) is 0.969. The molecule has 0 saturated heterocycles. The highest BCUT2D eigenvalue weighted by atomic mass is 16.5. The van der Waals surface area contributed by atoms with Gasteiger partial charge in [-0.3, -0.25) is 0 Å². The molecule has 0 aliphatic rings. The molecule has 4 nitrogen and oxygen atoms in total. The summed E-state index contributed by atoms with van der Waals surface area (Å²) < 4.78 is 9.94. The fraction of sp³-hybridized carbons (Fsp3) is 0.500. The third-order valence-electron chi connectivity index (χ3n) is 1.99. The van der Waals surface area contributed by atoms with E-state index < -0.39 is 6.09 Å². The van der Waals surface area contributed by atoms with E-state index >= 15 is 0 Å². The molecule has 0 saturated carbocycles. The van der Waals surface area contributed by atoms with E-state index in [2.05, 4.69) is 5.32 Å². The van der Waals surface area contributed by atoms with E-state index in [4.69, 9.17) is 9.47 Å². The van der Waals surface area contributed by atoms with Crippen molar-refractivity contribution in [1.82, 2.24) is 5.32 Å². The van der Waals surface area contributed by atoms with Crippen LogP contribution in [-0.2, 0) is 16.1 Å². The lowest BCUT2D eigenvalue weighted by Crippen LogP contribution is -2.35. The molecule has 102 valence electrons. The smallest absolute Gasteiger partial charge is 0.407 e. The van der Waals surface area contributed by atoms with E-state index in [1.165, 1.54) is 0 Å². The lowest BCUT2D eigenvalue weighted by molar-refractivity contribution is 0.123. The number of rotatable bonds is 5. The molecule has 0 radical (unpaired) electrons. The minimum atomic E-state index is -0.423. The van der Waals surface area contributed by atoms with Crippen molar-refractivity contribution in [2.24, 2.45) is 0 Å². The Balaban J connectivity index is 0.00000137. The van der Waals surface area contributed by atoms with Crippen molar-refractivity contribution in [1.29, 1.82) is 0 Å². The average Bonchev–Trinajstić information content (AvgIpc) is 2.40. The van der Waals surface area contributed by atoms with Crippen LogP contribution in [0.1, 0.15) is 26.3 Å². The van der Waals surface area contributed by atoms with Crippen LogP contribution >= 0.6 is 0 Å². The number of carbonyl (C=O) groups excluding carboxylic acids is 1. The first-order valence-corrected chi connectivity index (χ1v) is 6.18. The highest BCUT2D eigenvalue weighted by Gasteiger charge is 2.07. The van der Waals surface area contributed by atoms with Gasteiger partial charge < -0.3 is 14.8 Å². The van der Waals surface area contributed by atoms with E-state index in [-0.39, 0.29) is 12.6 Å². The van der Waals surface area contributed by atoms with Gasteiger partial charge in [0.2, 0.25) is 0 Å². The second-order valence-corrected chi connectivity index (χ2v) is 3.56. The van der Waals surface area contributed by atoms with Crippen LogP contribution in [0.3, 0.4) is 0 Å². The number of methoxy groups -OCH3 is 1. The summed E-state index contributed by atoms with van der Waals surface area (Å²) >= 11 is 0. The second-order valence-electron chi connectivity index (χ2n) is 3.56. The quantitative estimate of drug-likeness (QED) is 0.877. The molecule has 0 aliphatic heterocycles. The summed E-state index contributed by atoms with van der Waals surface area (Å²) in [5.74, 6) is 0. The number of alkyl carbamates (subject to hydrolysis) is 1. The molecule has 1 rings (SSSR count). The first-order chi connectivity index (χ1) is 8.72. The molecule has 0 heterocycles. The summed E-state index contributed by atoms with van der Waals surface area (Å²) in [7, 11) is 1.59. The Morgan fingerprint density at radius 2 is 1.89 bits per heavy atom. The zero-order chi connectivity index (χ0) is 13.8. The van der Waals surface area contributed by atoms with Gasteiger partial charge in [-0.25, -0.2) is 4.79 Å². The maximum absolute atomic E-state index is 11.3. The van der Waals surface area contributed by atoms with E-state index in [0.29, 0.717) is 6.61 Å². The first kappa shape index (κ1) is 16.4. The van der Waals surface area contributed by atoms with E-state index in [1.54, 1.807) is 7.11 Å². The Labute approximate surface area is 109 Å². The maximum atomic E-state index is 11.3. The molecule has 18 heavy (non-hydrogen) atoms. The minimum absolute atomic E-state index is 0.0479. The van der Waals surface area contributed by atoms with Gasteiger partial charge in [0.05, 0.1) is 12.6 Å². The number of benzene rings is 1. The van der Waals surface area contributed by atoms with Gasteiger partial charge >= 0.3 is 6.09 Å². The van der Waals surface area contributed by atoms with Crippen LogP contribution in [0.4, 0.5) is 4.79 Å². The van der Waals surface area contributed by atoms with E-state index in [0.717, 1.165) is 5.56 Å². The number of ether oxygens (including phenoxy) is 2. The molecule has 0 aromatic heterocycles.